The maximum atomic E-state index is 11.7. The van der Waals surface area contributed by atoms with E-state index in [4.69, 9.17) is 0 Å². The molecular formula is C15H23NO. The molecule has 0 unspecified atom stereocenters. The van der Waals surface area contributed by atoms with Crippen molar-refractivity contribution in [2.75, 3.05) is 5.32 Å². The van der Waals surface area contributed by atoms with Crippen LogP contribution in [0.5, 0.6) is 0 Å². The highest BCUT2D eigenvalue weighted by Crippen LogP contribution is 2.17. The molecule has 0 fully saturated rings. The van der Waals surface area contributed by atoms with Gasteiger partial charge in [0.2, 0.25) is 5.91 Å². The fourth-order valence-corrected chi connectivity index (χ4v) is 1.78. The van der Waals surface area contributed by atoms with Crippen LogP contribution >= 0.6 is 0 Å². The van der Waals surface area contributed by atoms with Gasteiger partial charge in [0, 0.05) is 12.1 Å². The molecule has 0 saturated carbocycles. The predicted octanol–water partition coefficient (Wildman–Crippen LogP) is 4.16. The Morgan fingerprint density at radius 3 is 2.53 bits per heavy atom. The van der Waals surface area contributed by atoms with Crippen molar-refractivity contribution in [3.63, 3.8) is 0 Å². The molecule has 0 aliphatic rings. The molecule has 1 aromatic carbocycles. The standard InChI is InChI=1S/C15H23NO/c1-3-5-9-13-10-7-8-11-14(13)16-15(17)12-6-4-2/h7-8,10-11H,3-6,9,12H2,1-2H3,(H,16,17). The topological polar surface area (TPSA) is 29.1 Å². The third-order valence-corrected chi connectivity index (χ3v) is 2.85. The lowest BCUT2D eigenvalue weighted by Crippen LogP contribution is -2.12. The van der Waals surface area contributed by atoms with Crippen molar-refractivity contribution in [3.8, 4) is 0 Å². The van der Waals surface area contributed by atoms with Gasteiger partial charge in [0.25, 0.3) is 0 Å². The van der Waals surface area contributed by atoms with Crippen molar-refractivity contribution >= 4 is 11.6 Å². The lowest BCUT2D eigenvalue weighted by Gasteiger charge is -2.10. The van der Waals surface area contributed by atoms with Gasteiger partial charge in [0.05, 0.1) is 0 Å². The summed E-state index contributed by atoms with van der Waals surface area (Å²) in [6, 6.07) is 8.11. The van der Waals surface area contributed by atoms with Gasteiger partial charge in [-0.25, -0.2) is 0 Å². The second kappa shape index (κ2) is 7.88. The monoisotopic (exact) mass is 233 g/mol. The molecule has 0 heterocycles. The molecule has 94 valence electrons. The van der Waals surface area contributed by atoms with Crippen LogP contribution in [0.1, 0.15) is 51.5 Å². The third-order valence-electron chi connectivity index (χ3n) is 2.85. The lowest BCUT2D eigenvalue weighted by atomic mass is 10.1. The van der Waals surface area contributed by atoms with Gasteiger partial charge in [-0.1, -0.05) is 44.9 Å². The minimum Gasteiger partial charge on any atom is -0.326 e. The van der Waals surface area contributed by atoms with Crippen LogP contribution in [0.25, 0.3) is 0 Å². The molecule has 2 nitrogen and oxygen atoms in total. The first-order valence-corrected chi connectivity index (χ1v) is 6.65. The molecular weight excluding hydrogens is 210 g/mol. The van der Waals surface area contributed by atoms with Crippen LogP contribution in [-0.4, -0.2) is 5.91 Å². The van der Waals surface area contributed by atoms with Gasteiger partial charge in [-0.3, -0.25) is 4.79 Å². The van der Waals surface area contributed by atoms with Gasteiger partial charge < -0.3 is 5.32 Å². The Morgan fingerprint density at radius 2 is 1.82 bits per heavy atom. The molecule has 1 N–H and O–H groups in total. The molecule has 0 aliphatic carbocycles. The van der Waals surface area contributed by atoms with Crippen molar-refractivity contribution in [3.05, 3.63) is 29.8 Å². The molecule has 17 heavy (non-hydrogen) atoms. The van der Waals surface area contributed by atoms with E-state index in [1.807, 2.05) is 18.2 Å². The van der Waals surface area contributed by atoms with E-state index in [0.29, 0.717) is 6.42 Å². The highest BCUT2D eigenvalue weighted by Gasteiger charge is 2.05. The van der Waals surface area contributed by atoms with Gasteiger partial charge in [0.15, 0.2) is 0 Å². The number of unbranched alkanes of at least 4 members (excludes halogenated alkanes) is 2. The number of aryl methyl sites for hydroxylation is 1. The normalized spacial score (nSPS) is 10.2. The van der Waals surface area contributed by atoms with Crippen molar-refractivity contribution in [1.29, 1.82) is 0 Å². The number of rotatable bonds is 7. The maximum absolute atomic E-state index is 11.7. The molecule has 1 amide bonds. The first kappa shape index (κ1) is 13.8. The second-order valence-corrected chi connectivity index (χ2v) is 4.41. The van der Waals surface area contributed by atoms with E-state index in [1.165, 1.54) is 18.4 Å². The summed E-state index contributed by atoms with van der Waals surface area (Å²) >= 11 is 0. The summed E-state index contributed by atoms with van der Waals surface area (Å²) < 4.78 is 0. The van der Waals surface area contributed by atoms with Crippen LogP contribution in [0.4, 0.5) is 5.69 Å². The van der Waals surface area contributed by atoms with Crippen LogP contribution < -0.4 is 5.32 Å². The molecule has 0 radical (unpaired) electrons. The van der Waals surface area contributed by atoms with Crippen LogP contribution in [0.3, 0.4) is 0 Å². The van der Waals surface area contributed by atoms with E-state index in [-0.39, 0.29) is 5.91 Å². The molecule has 1 rings (SSSR count). The van der Waals surface area contributed by atoms with Crippen LogP contribution in [0.15, 0.2) is 24.3 Å². The summed E-state index contributed by atoms with van der Waals surface area (Å²) in [5.74, 6) is 0.135. The number of carbonyl (C=O) groups is 1. The maximum Gasteiger partial charge on any atom is 0.224 e. The predicted molar refractivity (Wildman–Crippen MR) is 73.2 cm³/mol. The number of nitrogens with one attached hydrogen (secondary N) is 1. The number of anilines is 1. The van der Waals surface area contributed by atoms with E-state index < -0.39 is 0 Å². The molecule has 0 saturated heterocycles. The third kappa shape index (κ3) is 5.03. The van der Waals surface area contributed by atoms with E-state index in [1.54, 1.807) is 0 Å². The smallest absolute Gasteiger partial charge is 0.224 e. The Kier molecular flexibility index (Phi) is 6.38. The molecule has 0 aromatic heterocycles. The van der Waals surface area contributed by atoms with Crippen molar-refractivity contribution in [2.24, 2.45) is 0 Å². The zero-order chi connectivity index (χ0) is 12.5. The van der Waals surface area contributed by atoms with Crippen molar-refractivity contribution in [1.82, 2.24) is 0 Å². The highest BCUT2D eigenvalue weighted by atomic mass is 16.1. The minimum atomic E-state index is 0.135. The summed E-state index contributed by atoms with van der Waals surface area (Å²) in [4.78, 5) is 11.7. The highest BCUT2D eigenvalue weighted by molar-refractivity contribution is 5.91. The summed E-state index contributed by atoms with van der Waals surface area (Å²) in [5.41, 5.74) is 2.24. The molecule has 0 bridgehead atoms. The van der Waals surface area contributed by atoms with Crippen molar-refractivity contribution in [2.45, 2.75) is 52.4 Å². The molecule has 0 spiro atoms. The van der Waals surface area contributed by atoms with Crippen LogP contribution in [0.2, 0.25) is 0 Å². The Hall–Kier alpha value is -1.31. The zero-order valence-corrected chi connectivity index (χ0v) is 11.0. The number of hydrogen-bond acceptors (Lipinski definition) is 1. The molecule has 0 atom stereocenters. The van der Waals surface area contributed by atoms with E-state index in [9.17, 15) is 4.79 Å². The second-order valence-electron chi connectivity index (χ2n) is 4.41. The molecule has 0 aliphatic heterocycles. The zero-order valence-electron chi connectivity index (χ0n) is 11.0. The minimum absolute atomic E-state index is 0.135. The lowest BCUT2D eigenvalue weighted by molar-refractivity contribution is -0.116. The van der Waals surface area contributed by atoms with E-state index in [0.717, 1.165) is 24.9 Å². The van der Waals surface area contributed by atoms with Gasteiger partial charge in [-0.05, 0) is 30.9 Å². The number of hydrogen-bond donors (Lipinski definition) is 1. The van der Waals surface area contributed by atoms with Gasteiger partial charge in [0.1, 0.15) is 0 Å². The van der Waals surface area contributed by atoms with Crippen molar-refractivity contribution < 1.29 is 4.79 Å². The van der Waals surface area contributed by atoms with E-state index in [2.05, 4.69) is 25.2 Å². The molecule has 2 heteroatoms. The van der Waals surface area contributed by atoms with Crippen LogP contribution in [0, 0.1) is 0 Å². The quantitative estimate of drug-likeness (QED) is 0.752. The first-order chi connectivity index (χ1) is 8.27. The van der Waals surface area contributed by atoms with Gasteiger partial charge in [-0.2, -0.15) is 0 Å². The Bertz CT molecular complexity index is 347. The Morgan fingerprint density at radius 1 is 1.12 bits per heavy atom. The number of para-hydroxylation sites is 1. The number of amides is 1. The van der Waals surface area contributed by atoms with Crippen LogP contribution in [-0.2, 0) is 11.2 Å². The fourth-order valence-electron chi connectivity index (χ4n) is 1.78. The average molecular weight is 233 g/mol. The Labute approximate surface area is 104 Å². The van der Waals surface area contributed by atoms with Gasteiger partial charge in [-0.15, -0.1) is 0 Å². The largest absolute Gasteiger partial charge is 0.326 e. The van der Waals surface area contributed by atoms with Gasteiger partial charge >= 0.3 is 0 Å². The molecule has 1 aromatic rings. The summed E-state index contributed by atoms with van der Waals surface area (Å²) in [6.07, 6.45) is 6.03. The number of carbonyl (C=O) groups excluding carboxylic acids is 1. The average Bonchev–Trinajstić information content (AvgIpc) is 2.35. The SMILES string of the molecule is CCCCC(=O)Nc1ccccc1CCCC. The fraction of sp³-hybridized carbons (Fsp3) is 0.533. The Balaban J connectivity index is 2.59. The summed E-state index contributed by atoms with van der Waals surface area (Å²) in [6.45, 7) is 4.28. The summed E-state index contributed by atoms with van der Waals surface area (Å²) in [7, 11) is 0. The first-order valence-electron chi connectivity index (χ1n) is 6.65. The summed E-state index contributed by atoms with van der Waals surface area (Å²) in [5, 5.41) is 3.02. The van der Waals surface area contributed by atoms with E-state index >= 15 is 0 Å². The number of benzene rings is 1.